The smallest absolute Gasteiger partial charge is 0.153 e. The van der Waals surface area contributed by atoms with Gasteiger partial charge in [0.25, 0.3) is 0 Å². The lowest BCUT2D eigenvalue weighted by Crippen LogP contribution is -2.48. The summed E-state index contributed by atoms with van der Waals surface area (Å²) >= 11 is 0. The summed E-state index contributed by atoms with van der Waals surface area (Å²) < 4.78 is 27.8. The first-order valence-corrected chi connectivity index (χ1v) is 10.5. The van der Waals surface area contributed by atoms with Crippen molar-refractivity contribution in [3.8, 4) is 17.0 Å². The largest absolute Gasteiger partial charge is 0.480 e. The summed E-state index contributed by atoms with van der Waals surface area (Å²) in [5.41, 5.74) is 3.84. The van der Waals surface area contributed by atoms with E-state index in [1.165, 1.54) is 6.07 Å². The molecule has 2 aromatic carbocycles. The fourth-order valence-corrected chi connectivity index (χ4v) is 4.73. The Morgan fingerprint density at radius 3 is 2.77 bits per heavy atom. The molecule has 1 spiro atoms. The van der Waals surface area contributed by atoms with E-state index < -0.39 is 5.60 Å². The second-order valence-corrected chi connectivity index (χ2v) is 8.13. The molecule has 0 N–H and O–H groups in total. The number of hydrogen-bond donors (Lipinski definition) is 0. The van der Waals surface area contributed by atoms with Crippen LogP contribution in [0.15, 0.2) is 54.9 Å². The highest BCUT2D eigenvalue weighted by Crippen LogP contribution is 2.49. The number of rotatable bonds is 5. The first-order chi connectivity index (χ1) is 14.7. The van der Waals surface area contributed by atoms with Crippen molar-refractivity contribution >= 4 is 0 Å². The number of nitrogens with zero attached hydrogens (tertiary/aromatic N) is 3. The number of para-hydroxylation sites is 1. The predicted molar refractivity (Wildman–Crippen MR) is 113 cm³/mol. The minimum Gasteiger partial charge on any atom is -0.480 e. The van der Waals surface area contributed by atoms with Gasteiger partial charge >= 0.3 is 0 Å². The molecule has 2 aliphatic rings. The van der Waals surface area contributed by atoms with Gasteiger partial charge in [-0.2, -0.15) is 0 Å². The van der Waals surface area contributed by atoms with Crippen molar-refractivity contribution in [1.82, 2.24) is 14.5 Å². The average molecular weight is 407 g/mol. The molecule has 30 heavy (non-hydrogen) atoms. The van der Waals surface area contributed by atoms with Gasteiger partial charge in [-0.1, -0.05) is 24.3 Å². The molecule has 0 saturated carbocycles. The lowest BCUT2D eigenvalue weighted by molar-refractivity contribution is -0.0136. The molecule has 2 aliphatic heterocycles. The molecule has 5 nitrogen and oxygen atoms in total. The maximum absolute atomic E-state index is 13.6. The van der Waals surface area contributed by atoms with E-state index in [-0.39, 0.29) is 5.82 Å². The molecule has 156 valence electrons. The highest BCUT2D eigenvalue weighted by Gasteiger charge is 2.46. The van der Waals surface area contributed by atoms with E-state index >= 15 is 0 Å². The van der Waals surface area contributed by atoms with Crippen LogP contribution in [0.4, 0.5) is 4.39 Å². The average Bonchev–Trinajstić information content (AvgIpc) is 3.19. The monoisotopic (exact) mass is 407 g/mol. The van der Waals surface area contributed by atoms with Crippen molar-refractivity contribution < 1.29 is 13.9 Å². The van der Waals surface area contributed by atoms with Crippen LogP contribution in [0.25, 0.3) is 11.3 Å². The normalized spacial score (nSPS) is 17.4. The van der Waals surface area contributed by atoms with Crippen molar-refractivity contribution in [2.24, 2.45) is 0 Å². The minimum atomic E-state index is -0.396. The van der Waals surface area contributed by atoms with Crippen LogP contribution in [0.1, 0.15) is 24.1 Å². The van der Waals surface area contributed by atoms with Crippen molar-refractivity contribution in [1.29, 1.82) is 0 Å². The van der Waals surface area contributed by atoms with Crippen molar-refractivity contribution in [2.45, 2.75) is 31.5 Å². The van der Waals surface area contributed by atoms with Crippen LogP contribution in [0.2, 0.25) is 0 Å². The predicted octanol–water partition coefficient (Wildman–Crippen LogP) is 4.22. The van der Waals surface area contributed by atoms with Gasteiger partial charge in [0.15, 0.2) is 5.60 Å². The molecule has 1 aromatic heterocycles. The van der Waals surface area contributed by atoms with E-state index in [1.807, 2.05) is 30.6 Å². The van der Waals surface area contributed by atoms with Crippen LogP contribution < -0.4 is 4.74 Å². The summed E-state index contributed by atoms with van der Waals surface area (Å²) in [5, 5.41) is 0. The fraction of sp³-hybridized carbons (Fsp3) is 0.375. The Balaban J connectivity index is 1.43. The van der Waals surface area contributed by atoms with E-state index in [0.29, 0.717) is 6.61 Å². The van der Waals surface area contributed by atoms with Gasteiger partial charge in [0.1, 0.15) is 11.6 Å². The summed E-state index contributed by atoms with van der Waals surface area (Å²) in [6.07, 6.45) is 3.64. The number of ether oxygens (including phenoxy) is 2. The molecule has 1 fully saturated rings. The molecular formula is C24H26FN3O2. The topological polar surface area (TPSA) is 39.5 Å². The van der Waals surface area contributed by atoms with Gasteiger partial charge in [0, 0.05) is 51.7 Å². The molecule has 0 radical (unpaired) electrons. The molecule has 1 saturated heterocycles. The van der Waals surface area contributed by atoms with Gasteiger partial charge in [-0.15, -0.1) is 0 Å². The van der Waals surface area contributed by atoms with Crippen LogP contribution in [-0.4, -0.2) is 41.3 Å². The summed E-state index contributed by atoms with van der Waals surface area (Å²) in [7, 11) is 1.72. The first kappa shape index (κ1) is 19.3. The van der Waals surface area contributed by atoms with Crippen LogP contribution in [0, 0.1) is 5.82 Å². The number of hydrogen-bond acceptors (Lipinski definition) is 4. The third-order valence-electron chi connectivity index (χ3n) is 6.21. The zero-order chi connectivity index (χ0) is 20.6. The highest BCUT2D eigenvalue weighted by atomic mass is 19.1. The lowest BCUT2D eigenvalue weighted by atomic mass is 9.83. The molecule has 0 unspecified atom stereocenters. The number of piperidine rings is 1. The van der Waals surface area contributed by atoms with Crippen LogP contribution >= 0.6 is 0 Å². The first-order valence-electron chi connectivity index (χ1n) is 10.5. The molecule has 0 aliphatic carbocycles. The molecular weight excluding hydrogens is 381 g/mol. The van der Waals surface area contributed by atoms with Gasteiger partial charge in [-0.3, -0.25) is 4.90 Å². The van der Waals surface area contributed by atoms with E-state index in [0.717, 1.165) is 67.3 Å². The summed E-state index contributed by atoms with van der Waals surface area (Å²) in [5.74, 6) is 0.723. The number of imidazole rings is 1. The number of methoxy groups -OCH3 is 1. The van der Waals surface area contributed by atoms with E-state index in [1.54, 1.807) is 19.2 Å². The molecule has 3 heterocycles. The van der Waals surface area contributed by atoms with Gasteiger partial charge in [0.2, 0.25) is 0 Å². The molecule has 6 heteroatoms. The number of fused-ring (bicyclic) bond motifs is 4. The number of aromatic nitrogens is 2. The fourth-order valence-electron chi connectivity index (χ4n) is 4.73. The van der Waals surface area contributed by atoms with Crippen molar-refractivity contribution in [2.75, 3.05) is 26.8 Å². The third-order valence-corrected chi connectivity index (χ3v) is 6.21. The Labute approximate surface area is 176 Å². The molecule has 0 atom stereocenters. The third kappa shape index (κ3) is 3.40. The van der Waals surface area contributed by atoms with Gasteiger partial charge in [-0.25, -0.2) is 9.37 Å². The number of benzene rings is 2. The second-order valence-electron chi connectivity index (χ2n) is 8.13. The molecule has 0 amide bonds. The number of likely N-dealkylation sites (tertiary alicyclic amines) is 1. The Kier molecular flexibility index (Phi) is 5.05. The SMILES string of the molecule is COCCn1cnc2c1C1(CCN(Cc3cccc(F)c3)CC1)Oc1ccccc1-2. The Morgan fingerprint density at radius 1 is 1.13 bits per heavy atom. The maximum Gasteiger partial charge on any atom is 0.153 e. The van der Waals surface area contributed by atoms with E-state index in [9.17, 15) is 4.39 Å². The molecule has 3 aromatic rings. The van der Waals surface area contributed by atoms with Crippen LogP contribution in [0.5, 0.6) is 5.75 Å². The lowest BCUT2D eigenvalue weighted by Gasteiger charge is -2.44. The zero-order valence-corrected chi connectivity index (χ0v) is 17.2. The highest BCUT2D eigenvalue weighted by molar-refractivity contribution is 5.72. The van der Waals surface area contributed by atoms with Gasteiger partial charge in [-0.05, 0) is 29.8 Å². The standard InChI is InChI=1S/C24H26FN3O2/c1-29-14-13-28-17-26-22-20-7-2-3-8-21(20)30-24(23(22)28)9-11-27(12-10-24)16-18-5-4-6-19(25)15-18/h2-8,15,17H,9-14,16H2,1H3. The minimum absolute atomic E-state index is 0.181. The van der Waals surface area contributed by atoms with Crippen LogP contribution in [-0.2, 0) is 23.4 Å². The number of halogens is 1. The summed E-state index contributed by atoms with van der Waals surface area (Å²) in [6.45, 7) is 3.90. The van der Waals surface area contributed by atoms with E-state index in [4.69, 9.17) is 14.5 Å². The van der Waals surface area contributed by atoms with Gasteiger partial charge < -0.3 is 14.0 Å². The second kappa shape index (κ2) is 7.85. The van der Waals surface area contributed by atoms with E-state index in [2.05, 4.69) is 15.5 Å². The van der Waals surface area contributed by atoms with Crippen molar-refractivity contribution in [3.63, 3.8) is 0 Å². The summed E-state index contributed by atoms with van der Waals surface area (Å²) in [4.78, 5) is 7.14. The quantitative estimate of drug-likeness (QED) is 0.635. The maximum atomic E-state index is 13.6. The van der Waals surface area contributed by atoms with Gasteiger partial charge in [0.05, 0.1) is 24.3 Å². The molecule has 0 bridgehead atoms. The Hall–Kier alpha value is -2.70. The summed E-state index contributed by atoms with van der Waals surface area (Å²) in [6, 6.07) is 15.0. The Bertz CT molecular complexity index is 1040. The van der Waals surface area contributed by atoms with Crippen molar-refractivity contribution in [3.05, 3.63) is 71.9 Å². The Morgan fingerprint density at radius 2 is 1.97 bits per heavy atom. The zero-order valence-electron chi connectivity index (χ0n) is 17.2. The molecule has 5 rings (SSSR count). The van der Waals surface area contributed by atoms with Crippen LogP contribution in [0.3, 0.4) is 0 Å².